The topological polar surface area (TPSA) is 142 Å². The van der Waals surface area contributed by atoms with Crippen molar-refractivity contribution >= 4 is 33.5 Å². The van der Waals surface area contributed by atoms with E-state index in [2.05, 4.69) is 16.0 Å². The smallest absolute Gasteiger partial charge is 0.262 e. The minimum absolute atomic E-state index is 0.00171. The molecule has 3 fully saturated rings. The molecule has 11 heteroatoms. The Balaban J connectivity index is 1.35. The average molecular weight is 446 g/mol. The Morgan fingerprint density at radius 1 is 1.13 bits per heavy atom. The molecule has 31 heavy (non-hydrogen) atoms. The van der Waals surface area contributed by atoms with Gasteiger partial charge in [-0.05, 0) is 24.1 Å². The summed E-state index contributed by atoms with van der Waals surface area (Å²) in [7, 11) is -3.09. The highest BCUT2D eigenvalue weighted by atomic mass is 32.2. The number of nitrogens with zero attached hydrogens (tertiary/aromatic N) is 1. The highest BCUT2D eigenvalue weighted by molar-refractivity contribution is 7.91. The Morgan fingerprint density at radius 3 is 2.68 bits per heavy atom. The van der Waals surface area contributed by atoms with E-state index in [0.29, 0.717) is 19.6 Å². The fraction of sp³-hybridized carbons (Fsp3) is 0.500. The van der Waals surface area contributed by atoms with E-state index < -0.39 is 45.0 Å². The molecule has 3 atom stereocenters. The standard InChI is InChI=1S/C20H22N4O6S/c25-16-4-3-15(17(26)23-16)24-18(27)13-2-1-11(5-14(13)19(24)28)6-22-20-9-21-7-12(20)8-31(29,30)10-20/h1-2,5,12,15,21-22H,3-4,6-10H2,(H,23,25,26)/t12-,15?,20-/m0/s1. The van der Waals surface area contributed by atoms with E-state index in [0.717, 1.165) is 10.5 Å². The molecular weight excluding hydrogens is 424 g/mol. The molecule has 4 aliphatic heterocycles. The van der Waals surface area contributed by atoms with Gasteiger partial charge in [0, 0.05) is 37.5 Å². The summed E-state index contributed by atoms with van der Waals surface area (Å²) in [6.07, 6.45) is 0.176. The molecule has 0 aromatic heterocycles. The number of amides is 4. The minimum atomic E-state index is -3.09. The Hall–Kier alpha value is -2.63. The second kappa shape index (κ2) is 6.94. The Morgan fingerprint density at radius 2 is 1.90 bits per heavy atom. The van der Waals surface area contributed by atoms with Crippen LogP contribution < -0.4 is 16.0 Å². The van der Waals surface area contributed by atoms with Crippen molar-refractivity contribution in [3.63, 3.8) is 0 Å². The monoisotopic (exact) mass is 446 g/mol. The van der Waals surface area contributed by atoms with Gasteiger partial charge in [0.1, 0.15) is 6.04 Å². The zero-order valence-electron chi connectivity index (χ0n) is 16.6. The van der Waals surface area contributed by atoms with Gasteiger partial charge in [0.15, 0.2) is 9.84 Å². The molecule has 4 amide bonds. The number of imide groups is 2. The van der Waals surface area contributed by atoms with Crippen LogP contribution in [0.3, 0.4) is 0 Å². The summed E-state index contributed by atoms with van der Waals surface area (Å²) in [5.41, 5.74) is 0.651. The van der Waals surface area contributed by atoms with Crippen LogP contribution in [0.1, 0.15) is 39.1 Å². The van der Waals surface area contributed by atoms with Crippen LogP contribution in [0, 0.1) is 5.92 Å². The fourth-order valence-corrected chi connectivity index (χ4v) is 7.51. The van der Waals surface area contributed by atoms with E-state index in [-0.39, 0.29) is 41.4 Å². The number of carbonyl (C=O) groups is 4. The Kier molecular flexibility index (Phi) is 4.54. The fourth-order valence-electron chi connectivity index (χ4n) is 5.12. The summed E-state index contributed by atoms with van der Waals surface area (Å²) in [5, 5.41) is 8.80. The van der Waals surface area contributed by atoms with E-state index in [1.807, 2.05) is 0 Å². The van der Waals surface area contributed by atoms with E-state index in [4.69, 9.17) is 0 Å². The molecule has 5 rings (SSSR count). The number of sulfone groups is 1. The molecule has 1 aromatic carbocycles. The number of nitrogens with one attached hydrogen (secondary N) is 3. The van der Waals surface area contributed by atoms with Crippen molar-refractivity contribution in [1.29, 1.82) is 0 Å². The normalized spacial score (nSPS) is 31.7. The SMILES string of the molecule is O=C1CCC(N2C(=O)c3ccc(CN[C@]45CNC[C@H]4CS(=O)(=O)C5)cc3C2=O)C(=O)N1. The van der Waals surface area contributed by atoms with Crippen LogP contribution in [0.2, 0.25) is 0 Å². The molecule has 10 nitrogen and oxygen atoms in total. The molecule has 3 N–H and O–H groups in total. The molecule has 0 aliphatic carbocycles. The molecule has 1 aromatic rings. The molecule has 0 bridgehead atoms. The van der Waals surface area contributed by atoms with Gasteiger partial charge < -0.3 is 10.6 Å². The summed E-state index contributed by atoms with van der Waals surface area (Å²) in [6.45, 7) is 1.55. The van der Waals surface area contributed by atoms with Gasteiger partial charge in [-0.1, -0.05) is 6.07 Å². The molecule has 4 aliphatic rings. The van der Waals surface area contributed by atoms with E-state index in [1.165, 1.54) is 0 Å². The zero-order valence-corrected chi connectivity index (χ0v) is 17.5. The summed E-state index contributed by atoms with van der Waals surface area (Å²) in [5.74, 6) is -1.94. The largest absolute Gasteiger partial charge is 0.314 e. The lowest BCUT2D eigenvalue weighted by Crippen LogP contribution is -2.54. The Bertz CT molecular complexity index is 1130. The summed E-state index contributed by atoms with van der Waals surface area (Å²) < 4.78 is 24.2. The number of hydrogen-bond donors (Lipinski definition) is 3. The number of piperidine rings is 1. The van der Waals surface area contributed by atoms with Crippen LogP contribution >= 0.6 is 0 Å². The van der Waals surface area contributed by atoms with Crippen LogP contribution in [0.4, 0.5) is 0 Å². The van der Waals surface area contributed by atoms with Crippen molar-refractivity contribution in [3.05, 3.63) is 34.9 Å². The van der Waals surface area contributed by atoms with Crippen LogP contribution in [0.15, 0.2) is 18.2 Å². The van der Waals surface area contributed by atoms with Crippen molar-refractivity contribution in [3.8, 4) is 0 Å². The first-order valence-electron chi connectivity index (χ1n) is 10.2. The third-order valence-corrected chi connectivity index (χ3v) is 8.56. The predicted octanol–water partition coefficient (Wildman–Crippen LogP) is -1.44. The maximum absolute atomic E-state index is 12.9. The van der Waals surface area contributed by atoms with Crippen molar-refractivity contribution in [2.45, 2.75) is 31.0 Å². The summed E-state index contributed by atoms with van der Waals surface area (Å²) in [6, 6.07) is 3.90. The van der Waals surface area contributed by atoms with E-state index in [9.17, 15) is 27.6 Å². The molecule has 3 saturated heterocycles. The van der Waals surface area contributed by atoms with Gasteiger partial charge in [-0.15, -0.1) is 0 Å². The van der Waals surface area contributed by atoms with Crippen LogP contribution in [-0.4, -0.2) is 73.1 Å². The third-order valence-electron chi connectivity index (χ3n) is 6.69. The first-order valence-corrected chi connectivity index (χ1v) is 12.0. The van der Waals surface area contributed by atoms with Crippen molar-refractivity contribution < 1.29 is 27.6 Å². The minimum Gasteiger partial charge on any atom is -0.314 e. The molecule has 0 spiro atoms. The van der Waals surface area contributed by atoms with Gasteiger partial charge in [0.25, 0.3) is 11.8 Å². The third kappa shape index (κ3) is 3.27. The van der Waals surface area contributed by atoms with E-state index in [1.54, 1.807) is 18.2 Å². The second-order valence-corrected chi connectivity index (χ2v) is 10.8. The Labute approximate surface area is 178 Å². The lowest BCUT2D eigenvalue weighted by Gasteiger charge is -2.28. The molecule has 0 radical (unpaired) electrons. The molecule has 164 valence electrons. The second-order valence-electron chi connectivity index (χ2n) is 8.72. The number of carbonyl (C=O) groups excluding carboxylic acids is 4. The lowest BCUT2D eigenvalue weighted by atomic mass is 9.90. The van der Waals surface area contributed by atoms with Crippen LogP contribution in [0.25, 0.3) is 0 Å². The highest BCUT2D eigenvalue weighted by Gasteiger charge is 2.52. The molecule has 0 saturated carbocycles. The van der Waals surface area contributed by atoms with Gasteiger partial charge in [-0.25, -0.2) is 8.42 Å². The maximum Gasteiger partial charge on any atom is 0.262 e. The molecular formula is C20H22N4O6S. The maximum atomic E-state index is 12.9. The zero-order chi connectivity index (χ0) is 22.0. The van der Waals surface area contributed by atoms with Crippen LogP contribution in [0.5, 0.6) is 0 Å². The first-order chi connectivity index (χ1) is 14.7. The van der Waals surface area contributed by atoms with Gasteiger partial charge in [-0.2, -0.15) is 0 Å². The highest BCUT2D eigenvalue weighted by Crippen LogP contribution is 2.33. The van der Waals surface area contributed by atoms with E-state index >= 15 is 0 Å². The van der Waals surface area contributed by atoms with Gasteiger partial charge in [0.2, 0.25) is 11.8 Å². The van der Waals surface area contributed by atoms with Gasteiger partial charge >= 0.3 is 0 Å². The average Bonchev–Trinajstić information content (AvgIpc) is 3.27. The summed E-state index contributed by atoms with van der Waals surface area (Å²) >= 11 is 0. The number of hydrogen-bond acceptors (Lipinski definition) is 8. The van der Waals surface area contributed by atoms with Gasteiger partial charge in [0.05, 0.1) is 22.6 Å². The van der Waals surface area contributed by atoms with Crippen molar-refractivity contribution in [1.82, 2.24) is 20.9 Å². The first kappa shape index (κ1) is 20.3. The predicted molar refractivity (Wildman–Crippen MR) is 108 cm³/mol. The van der Waals surface area contributed by atoms with Gasteiger partial charge in [-0.3, -0.25) is 29.4 Å². The van der Waals surface area contributed by atoms with Crippen molar-refractivity contribution in [2.24, 2.45) is 5.92 Å². The van der Waals surface area contributed by atoms with Crippen molar-refractivity contribution in [2.75, 3.05) is 24.6 Å². The number of rotatable bonds is 4. The van der Waals surface area contributed by atoms with Crippen LogP contribution in [-0.2, 0) is 26.0 Å². The number of benzene rings is 1. The molecule has 4 heterocycles. The lowest BCUT2D eigenvalue weighted by molar-refractivity contribution is -0.136. The summed E-state index contributed by atoms with van der Waals surface area (Å²) in [4.78, 5) is 50.2. The quantitative estimate of drug-likeness (QED) is 0.478. The molecule has 1 unspecified atom stereocenters. The number of fused-ring (bicyclic) bond motifs is 2.